The van der Waals surface area contributed by atoms with Gasteiger partial charge in [0.15, 0.2) is 0 Å². The van der Waals surface area contributed by atoms with E-state index in [1.54, 1.807) is 11.0 Å². The first-order valence-corrected chi connectivity index (χ1v) is 9.22. The van der Waals surface area contributed by atoms with E-state index in [4.69, 9.17) is 4.74 Å². The normalized spacial score (nSPS) is 19.0. The second-order valence-electron chi connectivity index (χ2n) is 6.79. The van der Waals surface area contributed by atoms with E-state index in [0.29, 0.717) is 5.82 Å². The minimum atomic E-state index is -4.46. The molecule has 1 aromatic carbocycles. The van der Waals surface area contributed by atoms with E-state index < -0.39 is 36.5 Å². The molecular weight excluding hydrogens is 427 g/mol. The zero-order valence-corrected chi connectivity index (χ0v) is 16.3. The van der Waals surface area contributed by atoms with E-state index in [-0.39, 0.29) is 30.9 Å². The molecule has 0 N–H and O–H groups in total. The number of esters is 1. The summed E-state index contributed by atoms with van der Waals surface area (Å²) in [5.41, 5.74) is -0.575. The predicted molar refractivity (Wildman–Crippen MR) is 99.1 cm³/mol. The van der Waals surface area contributed by atoms with Crippen molar-refractivity contribution in [3.05, 3.63) is 53.7 Å². The van der Waals surface area contributed by atoms with Crippen molar-refractivity contribution in [1.82, 2.24) is 4.98 Å². The van der Waals surface area contributed by atoms with Gasteiger partial charge in [-0.25, -0.2) is 9.78 Å². The lowest BCUT2D eigenvalue weighted by molar-refractivity contribution is -0.137. The summed E-state index contributed by atoms with van der Waals surface area (Å²) in [6, 6.07) is 6.76. The molecule has 0 aliphatic carbocycles. The molecule has 1 saturated heterocycles. The smallest absolute Gasteiger partial charge is 0.416 e. The highest BCUT2D eigenvalue weighted by atomic mass is 19.4. The van der Waals surface area contributed by atoms with Crippen LogP contribution in [0.3, 0.4) is 0 Å². The molecule has 6 nitrogen and oxygen atoms in total. The number of pyridine rings is 1. The third-order valence-electron chi connectivity index (χ3n) is 4.74. The Hall–Kier alpha value is -2.95. The number of hydrogen-bond donors (Lipinski definition) is 0. The number of nitrogens with zero attached hydrogens (tertiary/aromatic N) is 2. The number of aromatic nitrogens is 1. The van der Waals surface area contributed by atoms with Crippen LogP contribution >= 0.6 is 0 Å². The maximum absolute atomic E-state index is 12.7. The SMILES string of the molecule is COC(=O)c1ccc(N2C[C@@H](Oc3ccc(C(F)(F)F)cc3)C[C@H]2COC(F)F)nc1. The molecule has 168 valence electrons. The molecular formula is C20H19F5N2O4. The Morgan fingerprint density at radius 2 is 1.90 bits per heavy atom. The molecule has 1 fully saturated rings. The monoisotopic (exact) mass is 446 g/mol. The van der Waals surface area contributed by atoms with E-state index in [9.17, 15) is 26.7 Å². The average molecular weight is 446 g/mol. The number of anilines is 1. The Kier molecular flexibility index (Phi) is 6.94. The molecule has 1 aliphatic rings. The number of carbonyl (C=O) groups is 1. The van der Waals surface area contributed by atoms with Crippen molar-refractivity contribution in [1.29, 1.82) is 0 Å². The third kappa shape index (κ3) is 5.81. The largest absolute Gasteiger partial charge is 0.489 e. The molecule has 0 bridgehead atoms. The van der Waals surface area contributed by atoms with Crippen molar-refractivity contribution < 1.29 is 41.0 Å². The molecule has 1 aliphatic heterocycles. The highest BCUT2D eigenvalue weighted by Crippen LogP contribution is 2.32. The van der Waals surface area contributed by atoms with Crippen molar-refractivity contribution in [3.63, 3.8) is 0 Å². The van der Waals surface area contributed by atoms with E-state index in [2.05, 4.69) is 14.5 Å². The number of hydrogen-bond acceptors (Lipinski definition) is 6. The van der Waals surface area contributed by atoms with Crippen LogP contribution in [0.1, 0.15) is 22.3 Å². The van der Waals surface area contributed by atoms with Gasteiger partial charge in [-0.05, 0) is 36.4 Å². The zero-order chi connectivity index (χ0) is 22.6. The number of halogens is 5. The quantitative estimate of drug-likeness (QED) is 0.471. The van der Waals surface area contributed by atoms with Crippen molar-refractivity contribution in [2.24, 2.45) is 0 Å². The Morgan fingerprint density at radius 3 is 2.45 bits per heavy atom. The van der Waals surface area contributed by atoms with Crippen molar-refractivity contribution in [2.75, 3.05) is 25.2 Å². The highest BCUT2D eigenvalue weighted by molar-refractivity contribution is 5.89. The van der Waals surface area contributed by atoms with Gasteiger partial charge in [-0.1, -0.05) is 0 Å². The molecule has 11 heteroatoms. The van der Waals surface area contributed by atoms with Gasteiger partial charge in [-0.2, -0.15) is 22.0 Å². The van der Waals surface area contributed by atoms with Crippen LogP contribution in [0.15, 0.2) is 42.6 Å². The number of alkyl halides is 5. The van der Waals surface area contributed by atoms with Crippen LogP contribution < -0.4 is 9.64 Å². The molecule has 2 atom stereocenters. The summed E-state index contributed by atoms with van der Waals surface area (Å²) in [6.45, 7) is -3.01. The van der Waals surface area contributed by atoms with Gasteiger partial charge in [-0.3, -0.25) is 0 Å². The standard InChI is InChI=1S/C20H19F5N2O4/c1-29-18(28)12-2-7-17(26-9-12)27-10-16(8-14(27)11-30-19(21)22)31-15-5-3-13(4-6-15)20(23,24)25/h2-7,9,14,16,19H,8,10-11H2,1H3/t14-,16-/m0/s1. The predicted octanol–water partition coefficient (Wildman–Crippen LogP) is 4.15. The molecule has 2 heterocycles. The van der Waals surface area contributed by atoms with E-state index in [1.807, 2.05) is 0 Å². The molecule has 1 aromatic heterocycles. The molecule has 0 amide bonds. The first-order chi connectivity index (χ1) is 14.7. The third-order valence-corrected chi connectivity index (χ3v) is 4.74. The lowest BCUT2D eigenvalue weighted by Gasteiger charge is -2.25. The van der Waals surface area contributed by atoms with Gasteiger partial charge in [0, 0.05) is 12.6 Å². The molecule has 0 radical (unpaired) electrons. The lowest BCUT2D eigenvalue weighted by atomic mass is 10.2. The molecule has 0 spiro atoms. The Balaban J connectivity index is 1.73. The van der Waals surface area contributed by atoms with Crippen LogP contribution in [-0.2, 0) is 15.7 Å². The Bertz CT molecular complexity index is 875. The summed E-state index contributed by atoms with van der Waals surface area (Å²) < 4.78 is 78.0. The van der Waals surface area contributed by atoms with Crippen molar-refractivity contribution >= 4 is 11.8 Å². The Labute approximate surface area is 174 Å². The van der Waals surface area contributed by atoms with Crippen LogP contribution in [0, 0.1) is 0 Å². The highest BCUT2D eigenvalue weighted by Gasteiger charge is 2.35. The van der Waals surface area contributed by atoms with Crippen molar-refractivity contribution in [3.8, 4) is 5.75 Å². The molecule has 0 unspecified atom stereocenters. The summed E-state index contributed by atoms with van der Waals surface area (Å²) in [4.78, 5) is 17.4. The molecule has 3 rings (SSSR count). The van der Waals surface area contributed by atoms with E-state index in [1.165, 1.54) is 31.5 Å². The second kappa shape index (κ2) is 9.46. The number of carbonyl (C=O) groups excluding carboxylic acids is 1. The fourth-order valence-corrected chi connectivity index (χ4v) is 3.29. The summed E-state index contributed by atoms with van der Waals surface area (Å²) >= 11 is 0. The van der Waals surface area contributed by atoms with Gasteiger partial charge in [0.25, 0.3) is 0 Å². The number of ether oxygens (including phenoxy) is 3. The average Bonchev–Trinajstić information content (AvgIpc) is 3.14. The summed E-state index contributed by atoms with van der Waals surface area (Å²) in [6.07, 6.45) is -3.36. The minimum absolute atomic E-state index is 0.224. The van der Waals surface area contributed by atoms with Gasteiger partial charge >= 0.3 is 18.8 Å². The molecule has 0 saturated carbocycles. The first-order valence-electron chi connectivity index (χ1n) is 9.22. The van der Waals surface area contributed by atoms with Crippen LogP contribution in [0.2, 0.25) is 0 Å². The van der Waals surface area contributed by atoms with Crippen LogP contribution in [0.4, 0.5) is 27.8 Å². The van der Waals surface area contributed by atoms with Crippen LogP contribution in [-0.4, -0.2) is 50.0 Å². The van der Waals surface area contributed by atoms with E-state index in [0.717, 1.165) is 12.1 Å². The van der Waals surface area contributed by atoms with Crippen molar-refractivity contribution in [2.45, 2.75) is 31.4 Å². The maximum Gasteiger partial charge on any atom is 0.416 e. The fraction of sp³-hybridized carbons (Fsp3) is 0.400. The minimum Gasteiger partial charge on any atom is -0.489 e. The van der Waals surface area contributed by atoms with Gasteiger partial charge in [0.1, 0.15) is 17.7 Å². The van der Waals surface area contributed by atoms with Crippen LogP contribution in [0.5, 0.6) is 5.75 Å². The van der Waals surface area contributed by atoms with Crippen LogP contribution in [0.25, 0.3) is 0 Å². The topological polar surface area (TPSA) is 60.9 Å². The summed E-state index contributed by atoms with van der Waals surface area (Å²) in [5.74, 6) is 0.0676. The molecule has 31 heavy (non-hydrogen) atoms. The maximum atomic E-state index is 12.7. The number of rotatable bonds is 7. The molecule has 2 aromatic rings. The Morgan fingerprint density at radius 1 is 1.19 bits per heavy atom. The zero-order valence-electron chi connectivity index (χ0n) is 16.3. The van der Waals surface area contributed by atoms with Gasteiger partial charge in [0.2, 0.25) is 0 Å². The number of methoxy groups -OCH3 is 1. The van der Waals surface area contributed by atoms with Gasteiger partial charge in [-0.15, -0.1) is 0 Å². The van der Waals surface area contributed by atoms with Gasteiger partial charge in [0.05, 0.1) is 37.4 Å². The second-order valence-corrected chi connectivity index (χ2v) is 6.79. The number of benzene rings is 1. The summed E-state index contributed by atoms with van der Waals surface area (Å²) in [5, 5.41) is 0. The van der Waals surface area contributed by atoms with Gasteiger partial charge < -0.3 is 19.1 Å². The lowest BCUT2D eigenvalue weighted by Crippen LogP contribution is -2.34. The summed E-state index contributed by atoms with van der Waals surface area (Å²) in [7, 11) is 1.23. The van der Waals surface area contributed by atoms with E-state index >= 15 is 0 Å². The first kappa shape index (κ1) is 22.7. The fourth-order valence-electron chi connectivity index (χ4n) is 3.29.